The van der Waals surface area contributed by atoms with Gasteiger partial charge in [-0.15, -0.1) is 0 Å². The monoisotopic (exact) mass is 256 g/mol. The number of rotatable bonds is 4. The Kier molecular flexibility index (Phi) is 4.73. The molecule has 1 saturated heterocycles. The molecule has 1 atom stereocenters. The second kappa shape index (κ2) is 5.69. The lowest BCUT2D eigenvalue weighted by Crippen LogP contribution is -2.58. The summed E-state index contributed by atoms with van der Waals surface area (Å²) in [5, 5.41) is 12.6. The number of carbonyl (C=O) groups excluding carboxylic acids is 1. The molecule has 0 spiro atoms. The maximum Gasteiger partial charge on any atom is 0.329 e. The summed E-state index contributed by atoms with van der Waals surface area (Å²) in [6.45, 7) is 6.95. The molecule has 5 heteroatoms. The summed E-state index contributed by atoms with van der Waals surface area (Å²) in [5.41, 5.74) is -1.14. The van der Waals surface area contributed by atoms with E-state index in [1.807, 2.05) is 13.8 Å². The SMILES string of the molecule is CC(C)[C@@](C)(C(=O)O)N(C)C(=O)C1CCNCC1. The van der Waals surface area contributed by atoms with Gasteiger partial charge in [0.15, 0.2) is 0 Å². The Bertz CT molecular complexity index is 324. The van der Waals surface area contributed by atoms with E-state index in [0.29, 0.717) is 0 Å². The predicted octanol–water partition coefficient (Wildman–Crippen LogP) is 0.944. The highest BCUT2D eigenvalue weighted by molar-refractivity contribution is 5.88. The van der Waals surface area contributed by atoms with Crippen LogP contribution < -0.4 is 5.32 Å². The van der Waals surface area contributed by atoms with Gasteiger partial charge >= 0.3 is 5.97 Å². The summed E-state index contributed by atoms with van der Waals surface area (Å²) in [6.07, 6.45) is 1.58. The maximum absolute atomic E-state index is 12.4. The third-order valence-electron chi connectivity index (χ3n) is 4.27. The van der Waals surface area contributed by atoms with Crippen LogP contribution in [0.15, 0.2) is 0 Å². The van der Waals surface area contributed by atoms with Gasteiger partial charge in [-0.3, -0.25) is 4.79 Å². The van der Waals surface area contributed by atoms with Crippen molar-refractivity contribution in [1.82, 2.24) is 10.2 Å². The van der Waals surface area contributed by atoms with Crippen molar-refractivity contribution < 1.29 is 14.7 Å². The Labute approximate surface area is 109 Å². The summed E-state index contributed by atoms with van der Waals surface area (Å²) in [5.74, 6) is -1.17. The minimum atomic E-state index is -1.14. The van der Waals surface area contributed by atoms with Gasteiger partial charge in [0.2, 0.25) is 5.91 Å². The number of nitrogens with one attached hydrogen (secondary N) is 1. The van der Waals surface area contributed by atoms with Gasteiger partial charge in [-0.25, -0.2) is 4.79 Å². The molecule has 1 rings (SSSR count). The van der Waals surface area contributed by atoms with Gasteiger partial charge < -0.3 is 15.3 Å². The second-order valence-corrected chi connectivity index (χ2v) is 5.53. The summed E-state index contributed by atoms with van der Waals surface area (Å²) in [4.78, 5) is 25.3. The molecule has 0 radical (unpaired) electrons. The van der Waals surface area contributed by atoms with Crippen LogP contribution in [0.5, 0.6) is 0 Å². The average molecular weight is 256 g/mol. The number of carbonyl (C=O) groups is 2. The van der Waals surface area contributed by atoms with Crippen LogP contribution in [0.3, 0.4) is 0 Å². The van der Waals surface area contributed by atoms with Crippen LogP contribution in [0, 0.1) is 11.8 Å². The maximum atomic E-state index is 12.4. The molecule has 2 N–H and O–H groups in total. The molecular formula is C13H24N2O3. The summed E-state index contributed by atoms with van der Waals surface area (Å²) in [6, 6.07) is 0. The van der Waals surface area contributed by atoms with Crippen LogP contribution in [-0.2, 0) is 9.59 Å². The van der Waals surface area contributed by atoms with Crippen molar-refractivity contribution in [1.29, 1.82) is 0 Å². The van der Waals surface area contributed by atoms with Crippen LogP contribution >= 0.6 is 0 Å². The number of carboxylic acids is 1. The van der Waals surface area contributed by atoms with Gasteiger partial charge in [-0.1, -0.05) is 13.8 Å². The Morgan fingerprint density at radius 1 is 1.33 bits per heavy atom. The minimum Gasteiger partial charge on any atom is -0.479 e. The molecule has 1 fully saturated rings. The summed E-state index contributed by atoms with van der Waals surface area (Å²) < 4.78 is 0. The molecule has 104 valence electrons. The Balaban J connectivity index is 2.86. The number of hydrogen-bond donors (Lipinski definition) is 2. The fourth-order valence-electron chi connectivity index (χ4n) is 2.35. The first-order valence-corrected chi connectivity index (χ1v) is 6.53. The van der Waals surface area contributed by atoms with E-state index < -0.39 is 11.5 Å². The zero-order valence-corrected chi connectivity index (χ0v) is 11.7. The minimum absolute atomic E-state index is 0.0462. The van der Waals surface area contributed by atoms with Gasteiger partial charge in [-0.05, 0) is 38.8 Å². The van der Waals surface area contributed by atoms with Crippen molar-refractivity contribution in [2.24, 2.45) is 11.8 Å². The first-order chi connectivity index (χ1) is 8.31. The van der Waals surface area contributed by atoms with Gasteiger partial charge in [0.05, 0.1) is 0 Å². The second-order valence-electron chi connectivity index (χ2n) is 5.53. The normalized spacial score (nSPS) is 20.5. The number of aliphatic carboxylic acids is 1. The predicted molar refractivity (Wildman–Crippen MR) is 69.2 cm³/mol. The first kappa shape index (κ1) is 15.0. The van der Waals surface area contributed by atoms with Crippen LogP contribution in [0.4, 0.5) is 0 Å². The molecule has 5 nitrogen and oxygen atoms in total. The molecule has 0 saturated carbocycles. The van der Waals surface area contributed by atoms with Crippen molar-refractivity contribution in [3.05, 3.63) is 0 Å². The topological polar surface area (TPSA) is 69.6 Å². The Hall–Kier alpha value is -1.10. The molecule has 0 aromatic heterocycles. The molecular weight excluding hydrogens is 232 g/mol. The van der Waals surface area contributed by atoms with Crippen molar-refractivity contribution >= 4 is 11.9 Å². The molecule has 1 aliphatic heterocycles. The summed E-state index contributed by atoms with van der Waals surface area (Å²) in [7, 11) is 1.61. The van der Waals surface area contributed by atoms with E-state index in [4.69, 9.17) is 0 Å². The highest BCUT2D eigenvalue weighted by atomic mass is 16.4. The third kappa shape index (κ3) is 2.66. The lowest BCUT2D eigenvalue weighted by Gasteiger charge is -2.40. The number of likely N-dealkylation sites (N-methyl/N-ethyl adjacent to an activating group) is 1. The van der Waals surface area contributed by atoms with Crippen LogP contribution in [0.25, 0.3) is 0 Å². The number of nitrogens with zero attached hydrogens (tertiary/aromatic N) is 1. The van der Waals surface area contributed by atoms with Crippen molar-refractivity contribution in [3.63, 3.8) is 0 Å². The highest BCUT2D eigenvalue weighted by Crippen LogP contribution is 2.27. The van der Waals surface area contributed by atoms with Gasteiger partial charge in [0, 0.05) is 13.0 Å². The fraction of sp³-hybridized carbons (Fsp3) is 0.846. The number of carboxylic acid groups (broad SMARTS) is 1. The van der Waals surface area contributed by atoms with Gasteiger partial charge in [0.25, 0.3) is 0 Å². The number of hydrogen-bond acceptors (Lipinski definition) is 3. The van der Waals surface area contributed by atoms with E-state index in [1.54, 1.807) is 14.0 Å². The molecule has 0 unspecified atom stereocenters. The van der Waals surface area contributed by atoms with E-state index >= 15 is 0 Å². The van der Waals surface area contributed by atoms with E-state index in [-0.39, 0.29) is 17.7 Å². The Morgan fingerprint density at radius 3 is 2.22 bits per heavy atom. The smallest absolute Gasteiger partial charge is 0.329 e. The molecule has 1 amide bonds. The molecule has 1 aliphatic rings. The van der Waals surface area contributed by atoms with Crippen LogP contribution in [0.2, 0.25) is 0 Å². The summed E-state index contributed by atoms with van der Waals surface area (Å²) >= 11 is 0. The van der Waals surface area contributed by atoms with E-state index in [1.165, 1.54) is 4.90 Å². The molecule has 0 bridgehead atoms. The third-order valence-corrected chi connectivity index (χ3v) is 4.27. The largest absolute Gasteiger partial charge is 0.479 e. The average Bonchev–Trinajstić information content (AvgIpc) is 2.36. The van der Waals surface area contributed by atoms with Gasteiger partial charge in [-0.2, -0.15) is 0 Å². The quantitative estimate of drug-likeness (QED) is 0.785. The fourth-order valence-corrected chi connectivity index (χ4v) is 2.35. The standard InChI is InChI=1S/C13H24N2O3/c1-9(2)13(3,12(17)18)15(4)11(16)10-5-7-14-8-6-10/h9-10,14H,5-8H2,1-4H3,(H,17,18)/t13-/m0/s1. The zero-order valence-electron chi connectivity index (χ0n) is 11.7. The lowest BCUT2D eigenvalue weighted by molar-refractivity contribution is -0.161. The van der Waals surface area contributed by atoms with Crippen molar-refractivity contribution in [3.8, 4) is 0 Å². The van der Waals surface area contributed by atoms with Crippen LogP contribution in [-0.4, -0.2) is 47.6 Å². The number of amides is 1. The number of piperidine rings is 1. The van der Waals surface area contributed by atoms with Gasteiger partial charge in [0.1, 0.15) is 5.54 Å². The molecule has 18 heavy (non-hydrogen) atoms. The van der Waals surface area contributed by atoms with E-state index in [0.717, 1.165) is 25.9 Å². The first-order valence-electron chi connectivity index (χ1n) is 6.53. The van der Waals surface area contributed by atoms with E-state index in [9.17, 15) is 14.7 Å². The zero-order chi connectivity index (χ0) is 13.9. The lowest BCUT2D eigenvalue weighted by atomic mass is 9.85. The Morgan fingerprint density at radius 2 is 1.83 bits per heavy atom. The highest BCUT2D eigenvalue weighted by Gasteiger charge is 2.44. The molecule has 1 heterocycles. The van der Waals surface area contributed by atoms with Crippen LogP contribution in [0.1, 0.15) is 33.6 Å². The van der Waals surface area contributed by atoms with E-state index in [2.05, 4.69) is 5.32 Å². The van der Waals surface area contributed by atoms with Crippen molar-refractivity contribution in [2.75, 3.05) is 20.1 Å². The van der Waals surface area contributed by atoms with Crippen molar-refractivity contribution in [2.45, 2.75) is 39.2 Å². The molecule has 0 aromatic rings. The molecule has 0 aromatic carbocycles. The molecule has 0 aliphatic carbocycles.